The SMILES string of the molecule is O=C(Nc1ccc(-c2cc3ccccc3oc2=O)cc1)c1cncc(Br)c1. The second-order valence-electron chi connectivity index (χ2n) is 5.91. The summed E-state index contributed by atoms with van der Waals surface area (Å²) in [6, 6.07) is 17.9. The van der Waals surface area contributed by atoms with E-state index >= 15 is 0 Å². The highest BCUT2D eigenvalue weighted by Gasteiger charge is 2.10. The van der Waals surface area contributed by atoms with Gasteiger partial charge in [-0.1, -0.05) is 30.3 Å². The molecule has 4 rings (SSSR count). The predicted molar refractivity (Wildman–Crippen MR) is 108 cm³/mol. The maximum Gasteiger partial charge on any atom is 0.344 e. The van der Waals surface area contributed by atoms with Gasteiger partial charge in [0.25, 0.3) is 5.91 Å². The molecule has 2 aromatic heterocycles. The fourth-order valence-electron chi connectivity index (χ4n) is 2.74. The fraction of sp³-hybridized carbons (Fsp3) is 0. The first-order chi connectivity index (χ1) is 13.1. The maximum absolute atomic E-state index is 12.3. The third-order valence-electron chi connectivity index (χ3n) is 4.06. The van der Waals surface area contributed by atoms with Crippen LogP contribution >= 0.6 is 15.9 Å². The quantitative estimate of drug-likeness (QED) is 0.479. The van der Waals surface area contributed by atoms with Crippen LogP contribution in [0.25, 0.3) is 22.1 Å². The number of pyridine rings is 1. The Balaban J connectivity index is 1.60. The Bertz CT molecular complexity index is 1200. The van der Waals surface area contributed by atoms with Gasteiger partial charge in [0, 0.05) is 27.9 Å². The lowest BCUT2D eigenvalue weighted by atomic mass is 10.1. The number of hydrogen-bond acceptors (Lipinski definition) is 4. The van der Waals surface area contributed by atoms with Crippen molar-refractivity contribution in [3.63, 3.8) is 0 Å². The molecule has 0 spiro atoms. The summed E-state index contributed by atoms with van der Waals surface area (Å²) in [4.78, 5) is 28.5. The zero-order valence-electron chi connectivity index (χ0n) is 14.0. The van der Waals surface area contributed by atoms with E-state index < -0.39 is 5.63 Å². The lowest BCUT2D eigenvalue weighted by molar-refractivity contribution is 0.102. The molecular formula is C21H13BrN2O3. The largest absolute Gasteiger partial charge is 0.422 e. The van der Waals surface area contributed by atoms with E-state index in [0.29, 0.717) is 22.4 Å². The lowest BCUT2D eigenvalue weighted by Gasteiger charge is -2.07. The van der Waals surface area contributed by atoms with E-state index in [1.807, 2.05) is 24.3 Å². The van der Waals surface area contributed by atoms with Crippen LogP contribution in [0, 0.1) is 0 Å². The van der Waals surface area contributed by atoms with E-state index in [1.54, 1.807) is 42.6 Å². The number of benzene rings is 2. The van der Waals surface area contributed by atoms with Crippen molar-refractivity contribution in [2.75, 3.05) is 5.32 Å². The minimum absolute atomic E-state index is 0.262. The molecule has 0 aliphatic carbocycles. The summed E-state index contributed by atoms with van der Waals surface area (Å²) < 4.78 is 6.10. The summed E-state index contributed by atoms with van der Waals surface area (Å²) in [6.45, 7) is 0. The Morgan fingerprint density at radius 2 is 1.78 bits per heavy atom. The molecule has 0 saturated carbocycles. The first kappa shape index (κ1) is 17.2. The molecule has 0 fully saturated rings. The summed E-state index contributed by atoms with van der Waals surface area (Å²) in [7, 11) is 0. The summed E-state index contributed by atoms with van der Waals surface area (Å²) >= 11 is 3.29. The number of fused-ring (bicyclic) bond motifs is 1. The van der Waals surface area contributed by atoms with Crippen molar-refractivity contribution in [1.82, 2.24) is 4.98 Å². The van der Waals surface area contributed by atoms with Crippen LogP contribution in [0.1, 0.15) is 10.4 Å². The standard InChI is InChI=1S/C21H13BrN2O3/c22-16-9-15(11-23-12-16)20(25)24-17-7-5-13(6-8-17)18-10-14-3-1-2-4-19(14)27-21(18)26/h1-12H,(H,24,25). The van der Waals surface area contributed by atoms with Crippen LogP contribution in [-0.2, 0) is 0 Å². The van der Waals surface area contributed by atoms with Gasteiger partial charge in [-0.2, -0.15) is 0 Å². The summed E-state index contributed by atoms with van der Waals surface area (Å²) in [6.07, 6.45) is 3.11. The van der Waals surface area contributed by atoms with Crippen LogP contribution in [0.5, 0.6) is 0 Å². The van der Waals surface area contributed by atoms with Gasteiger partial charge in [-0.15, -0.1) is 0 Å². The molecule has 2 aromatic carbocycles. The highest BCUT2D eigenvalue weighted by atomic mass is 79.9. The minimum Gasteiger partial charge on any atom is -0.422 e. The lowest BCUT2D eigenvalue weighted by Crippen LogP contribution is -2.12. The molecule has 0 atom stereocenters. The molecule has 1 N–H and O–H groups in total. The third kappa shape index (κ3) is 3.66. The molecule has 0 aliphatic rings. The second-order valence-corrected chi connectivity index (χ2v) is 6.82. The number of carbonyl (C=O) groups is 1. The number of nitrogens with one attached hydrogen (secondary N) is 1. The Hall–Kier alpha value is -3.25. The first-order valence-electron chi connectivity index (χ1n) is 8.15. The van der Waals surface area contributed by atoms with E-state index in [9.17, 15) is 9.59 Å². The average Bonchev–Trinajstić information content (AvgIpc) is 2.68. The number of aromatic nitrogens is 1. The minimum atomic E-state index is -0.398. The highest BCUT2D eigenvalue weighted by Crippen LogP contribution is 2.23. The molecular weight excluding hydrogens is 408 g/mol. The van der Waals surface area contributed by atoms with Gasteiger partial charge in [0.05, 0.1) is 11.1 Å². The molecule has 5 nitrogen and oxygen atoms in total. The normalized spacial score (nSPS) is 10.7. The number of hydrogen-bond donors (Lipinski definition) is 1. The zero-order valence-corrected chi connectivity index (χ0v) is 15.6. The van der Waals surface area contributed by atoms with Gasteiger partial charge in [-0.3, -0.25) is 9.78 Å². The van der Waals surface area contributed by atoms with Crippen molar-refractivity contribution in [2.24, 2.45) is 0 Å². The first-order valence-corrected chi connectivity index (χ1v) is 8.95. The number of rotatable bonds is 3. The van der Waals surface area contributed by atoms with E-state index in [4.69, 9.17) is 4.42 Å². The molecule has 6 heteroatoms. The molecule has 0 unspecified atom stereocenters. The van der Waals surface area contributed by atoms with Gasteiger partial charge in [0.15, 0.2) is 0 Å². The second kappa shape index (κ2) is 7.17. The Morgan fingerprint density at radius 1 is 1.00 bits per heavy atom. The fourth-order valence-corrected chi connectivity index (χ4v) is 3.10. The molecule has 0 bridgehead atoms. The molecule has 27 heavy (non-hydrogen) atoms. The summed E-state index contributed by atoms with van der Waals surface area (Å²) in [5, 5.41) is 3.66. The maximum atomic E-state index is 12.3. The number of amides is 1. The molecule has 1 amide bonds. The average molecular weight is 421 g/mol. The van der Waals surface area contributed by atoms with Gasteiger partial charge in [0.2, 0.25) is 0 Å². The zero-order chi connectivity index (χ0) is 18.8. The van der Waals surface area contributed by atoms with Crippen molar-refractivity contribution in [2.45, 2.75) is 0 Å². The van der Waals surface area contributed by atoms with Gasteiger partial charge >= 0.3 is 5.63 Å². The van der Waals surface area contributed by atoms with E-state index in [2.05, 4.69) is 26.2 Å². The van der Waals surface area contributed by atoms with Gasteiger partial charge in [-0.25, -0.2) is 4.79 Å². The number of nitrogens with zero attached hydrogens (tertiary/aromatic N) is 1. The molecule has 0 aliphatic heterocycles. The summed E-state index contributed by atoms with van der Waals surface area (Å²) in [5.74, 6) is -0.262. The van der Waals surface area contributed by atoms with Crippen LogP contribution in [0.3, 0.4) is 0 Å². The van der Waals surface area contributed by atoms with Crippen molar-refractivity contribution < 1.29 is 9.21 Å². The third-order valence-corrected chi connectivity index (χ3v) is 4.50. The Morgan fingerprint density at radius 3 is 2.56 bits per heavy atom. The predicted octanol–water partition coefficient (Wildman–Crippen LogP) is 4.87. The smallest absolute Gasteiger partial charge is 0.344 e. The van der Waals surface area contributed by atoms with Crippen molar-refractivity contribution in [1.29, 1.82) is 0 Å². The molecule has 4 aromatic rings. The number of carbonyl (C=O) groups excluding carboxylic acids is 1. The number of para-hydroxylation sites is 1. The number of halogens is 1. The van der Waals surface area contributed by atoms with Crippen LogP contribution in [-0.4, -0.2) is 10.9 Å². The topological polar surface area (TPSA) is 72.2 Å². The molecule has 0 saturated heterocycles. The summed E-state index contributed by atoms with van der Waals surface area (Å²) in [5.41, 5.74) is 2.42. The number of anilines is 1. The van der Waals surface area contributed by atoms with Crippen molar-refractivity contribution in [3.05, 3.63) is 93.5 Å². The Labute approximate surface area is 162 Å². The van der Waals surface area contributed by atoms with Crippen molar-refractivity contribution >= 4 is 38.5 Å². The molecule has 0 radical (unpaired) electrons. The van der Waals surface area contributed by atoms with Gasteiger partial charge in [-0.05, 0) is 51.8 Å². The molecule has 2 heterocycles. The Kier molecular flexibility index (Phi) is 4.56. The van der Waals surface area contributed by atoms with Crippen LogP contribution in [0.2, 0.25) is 0 Å². The van der Waals surface area contributed by atoms with Crippen LogP contribution < -0.4 is 10.9 Å². The highest BCUT2D eigenvalue weighted by molar-refractivity contribution is 9.10. The monoisotopic (exact) mass is 420 g/mol. The van der Waals surface area contributed by atoms with Gasteiger partial charge < -0.3 is 9.73 Å². The van der Waals surface area contributed by atoms with Gasteiger partial charge in [0.1, 0.15) is 5.58 Å². The van der Waals surface area contributed by atoms with Crippen LogP contribution in [0.4, 0.5) is 5.69 Å². The van der Waals surface area contributed by atoms with Crippen LogP contribution in [0.15, 0.2) is 86.7 Å². The van der Waals surface area contributed by atoms with E-state index in [1.165, 1.54) is 6.20 Å². The molecule has 132 valence electrons. The van der Waals surface area contributed by atoms with E-state index in [0.717, 1.165) is 15.4 Å². The van der Waals surface area contributed by atoms with E-state index in [-0.39, 0.29) is 5.91 Å². The van der Waals surface area contributed by atoms with Crippen molar-refractivity contribution in [3.8, 4) is 11.1 Å².